The highest BCUT2D eigenvalue weighted by Gasteiger charge is 2.08. The maximum atomic E-state index is 4.60. The van der Waals surface area contributed by atoms with Crippen molar-refractivity contribution in [3.8, 4) is 0 Å². The summed E-state index contributed by atoms with van der Waals surface area (Å²) in [6.45, 7) is 20.4. The van der Waals surface area contributed by atoms with Gasteiger partial charge < -0.3 is 0 Å². The molecule has 0 aliphatic heterocycles. The van der Waals surface area contributed by atoms with Crippen molar-refractivity contribution >= 4 is 5.65 Å². The number of hydrogen-bond donors (Lipinski definition) is 0. The van der Waals surface area contributed by atoms with Crippen molar-refractivity contribution in [2.75, 3.05) is 0 Å². The summed E-state index contributed by atoms with van der Waals surface area (Å²) in [6.07, 6.45) is 1.86. The number of fused-ring (bicyclic) bond motifs is 1. The predicted molar refractivity (Wildman–Crippen MR) is 90.6 cm³/mol. The average Bonchev–Trinajstić information content (AvgIpc) is 2.87. The molecule has 3 heteroatoms. The Kier molecular flexibility index (Phi) is 12.0. The quantitative estimate of drug-likeness (QED) is 0.685. The Balaban J connectivity index is 0. The van der Waals surface area contributed by atoms with Crippen LogP contribution in [0, 0.1) is 13.8 Å². The fourth-order valence-electron chi connectivity index (χ4n) is 1.54. The molecule has 0 atom stereocenters. The molecule has 0 N–H and O–H groups in total. The summed E-state index contributed by atoms with van der Waals surface area (Å²) in [5.74, 6) is 0.466. The van der Waals surface area contributed by atoms with Gasteiger partial charge in [-0.15, -0.1) is 0 Å². The lowest BCUT2D eigenvalue weighted by atomic mass is 10.1. The first-order chi connectivity index (χ1) is 9.59. The van der Waals surface area contributed by atoms with Gasteiger partial charge >= 0.3 is 0 Å². The Bertz CT molecular complexity index is 470. The van der Waals surface area contributed by atoms with Crippen molar-refractivity contribution in [2.24, 2.45) is 0 Å². The Morgan fingerprint density at radius 1 is 0.950 bits per heavy atom. The molecule has 3 nitrogen and oxygen atoms in total. The summed E-state index contributed by atoms with van der Waals surface area (Å²) in [4.78, 5) is 4.60. The van der Waals surface area contributed by atoms with E-state index in [-0.39, 0.29) is 0 Å². The monoisotopic (exact) mass is 279 g/mol. The second-order valence-electron chi connectivity index (χ2n) is 4.04. The van der Waals surface area contributed by atoms with Gasteiger partial charge in [0.1, 0.15) is 0 Å². The van der Waals surface area contributed by atoms with Crippen LogP contribution in [-0.4, -0.2) is 14.6 Å². The number of hydrogen-bond acceptors (Lipinski definition) is 2. The summed E-state index contributed by atoms with van der Waals surface area (Å²) in [5, 5.41) is 4.27. The van der Waals surface area contributed by atoms with Crippen molar-refractivity contribution < 1.29 is 0 Å². The molecule has 0 aliphatic rings. The molecule has 2 aromatic rings. The van der Waals surface area contributed by atoms with E-state index in [4.69, 9.17) is 0 Å². The third-order valence-corrected chi connectivity index (χ3v) is 2.44. The molecule has 0 aliphatic carbocycles. The molecular formula is C17H33N3. The molecule has 2 heterocycles. The second-order valence-corrected chi connectivity index (χ2v) is 4.04. The van der Waals surface area contributed by atoms with Gasteiger partial charge in [-0.05, 0) is 25.8 Å². The SMILES string of the molecule is CC.CC.CC.Cc1cnn2c(C)cc(C(C)C)nc12. The van der Waals surface area contributed by atoms with Gasteiger partial charge in [-0.25, -0.2) is 9.50 Å². The van der Waals surface area contributed by atoms with E-state index in [9.17, 15) is 0 Å². The minimum atomic E-state index is 0.466. The topological polar surface area (TPSA) is 30.2 Å². The van der Waals surface area contributed by atoms with E-state index in [1.165, 1.54) is 0 Å². The van der Waals surface area contributed by atoms with Crippen LogP contribution in [-0.2, 0) is 0 Å². The van der Waals surface area contributed by atoms with Crippen LogP contribution in [0.25, 0.3) is 5.65 Å². The van der Waals surface area contributed by atoms with Crippen LogP contribution >= 0.6 is 0 Å². The Morgan fingerprint density at radius 2 is 1.45 bits per heavy atom. The summed E-state index contributed by atoms with van der Waals surface area (Å²) in [7, 11) is 0. The van der Waals surface area contributed by atoms with Gasteiger partial charge in [0.25, 0.3) is 0 Å². The van der Waals surface area contributed by atoms with Gasteiger partial charge in [0.15, 0.2) is 5.65 Å². The molecule has 0 spiro atoms. The van der Waals surface area contributed by atoms with E-state index >= 15 is 0 Å². The minimum absolute atomic E-state index is 0.466. The molecule has 20 heavy (non-hydrogen) atoms. The summed E-state index contributed by atoms with van der Waals surface area (Å²) >= 11 is 0. The summed E-state index contributed by atoms with van der Waals surface area (Å²) in [5.41, 5.74) is 4.40. The van der Waals surface area contributed by atoms with Gasteiger partial charge in [0, 0.05) is 17.0 Å². The zero-order valence-corrected chi connectivity index (χ0v) is 15.1. The van der Waals surface area contributed by atoms with Gasteiger partial charge in [-0.3, -0.25) is 0 Å². The van der Waals surface area contributed by atoms with E-state index in [0.717, 1.165) is 22.6 Å². The Labute approximate surface area is 125 Å². The molecule has 2 rings (SSSR count). The third-order valence-electron chi connectivity index (χ3n) is 2.44. The normalized spacial score (nSPS) is 8.95. The highest BCUT2D eigenvalue weighted by atomic mass is 15.2. The number of rotatable bonds is 1. The standard InChI is InChI=1S/C11H15N3.3C2H6/c1-7(2)10-5-9(4)14-11(13-10)8(3)6-12-14;3*1-2/h5-7H,1-4H3;3*1-2H3. The molecular weight excluding hydrogens is 246 g/mol. The van der Waals surface area contributed by atoms with Gasteiger partial charge in [0.05, 0.1) is 6.20 Å². The van der Waals surface area contributed by atoms with Crippen molar-refractivity contribution in [3.05, 3.63) is 29.2 Å². The molecule has 0 radical (unpaired) electrons. The lowest BCUT2D eigenvalue weighted by Gasteiger charge is -2.07. The van der Waals surface area contributed by atoms with Crippen LogP contribution < -0.4 is 0 Å². The average molecular weight is 279 g/mol. The Morgan fingerprint density at radius 3 is 1.90 bits per heavy atom. The first-order valence-corrected chi connectivity index (χ1v) is 7.91. The van der Waals surface area contributed by atoms with Gasteiger partial charge in [-0.2, -0.15) is 5.10 Å². The molecule has 0 saturated carbocycles. The molecule has 0 unspecified atom stereocenters. The zero-order chi connectivity index (χ0) is 16.3. The van der Waals surface area contributed by atoms with Crippen LogP contribution in [0.2, 0.25) is 0 Å². The smallest absolute Gasteiger partial charge is 0.158 e. The van der Waals surface area contributed by atoms with Crippen molar-refractivity contribution in [2.45, 2.75) is 75.2 Å². The second kappa shape index (κ2) is 11.4. The van der Waals surface area contributed by atoms with Crippen LogP contribution in [0.15, 0.2) is 12.3 Å². The number of nitrogens with zero attached hydrogens (tertiary/aromatic N) is 3. The van der Waals surface area contributed by atoms with Crippen molar-refractivity contribution in [3.63, 3.8) is 0 Å². The van der Waals surface area contributed by atoms with E-state index in [2.05, 4.69) is 36.9 Å². The van der Waals surface area contributed by atoms with Crippen molar-refractivity contribution in [1.82, 2.24) is 14.6 Å². The van der Waals surface area contributed by atoms with Crippen LogP contribution in [0.1, 0.15) is 78.3 Å². The lowest BCUT2D eigenvalue weighted by Crippen LogP contribution is -2.01. The fraction of sp³-hybridized carbons (Fsp3) is 0.647. The van der Waals surface area contributed by atoms with Gasteiger partial charge in [0.2, 0.25) is 0 Å². The molecule has 0 bridgehead atoms. The lowest BCUT2D eigenvalue weighted by molar-refractivity contribution is 0.796. The maximum absolute atomic E-state index is 4.60. The van der Waals surface area contributed by atoms with Crippen LogP contribution in [0.5, 0.6) is 0 Å². The summed E-state index contributed by atoms with van der Waals surface area (Å²) in [6, 6.07) is 2.10. The van der Waals surface area contributed by atoms with E-state index < -0.39 is 0 Å². The predicted octanol–water partition coefficient (Wildman–Crippen LogP) is 5.55. The van der Waals surface area contributed by atoms with Crippen molar-refractivity contribution in [1.29, 1.82) is 0 Å². The molecule has 0 amide bonds. The van der Waals surface area contributed by atoms with Crippen LogP contribution in [0.3, 0.4) is 0 Å². The molecule has 116 valence electrons. The highest BCUT2D eigenvalue weighted by Crippen LogP contribution is 2.16. The third kappa shape index (κ3) is 5.32. The molecule has 0 fully saturated rings. The first-order valence-electron chi connectivity index (χ1n) is 7.91. The Hall–Kier alpha value is -1.38. The van der Waals surface area contributed by atoms with E-state index in [1.54, 1.807) is 0 Å². The zero-order valence-electron chi connectivity index (χ0n) is 15.1. The fourth-order valence-corrected chi connectivity index (χ4v) is 1.54. The number of aryl methyl sites for hydroxylation is 2. The molecule has 0 aromatic carbocycles. The van der Waals surface area contributed by atoms with E-state index in [1.807, 2.05) is 59.2 Å². The maximum Gasteiger partial charge on any atom is 0.158 e. The van der Waals surface area contributed by atoms with E-state index in [0.29, 0.717) is 5.92 Å². The van der Waals surface area contributed by atoms with Gasteiger partial charge in [-0.1, -0.05) is 55.4 Å². The molecule has 2 aromatic heterocycles. The first kappa shape index (κ1) is 20.9. The molecule has 0 saturated heterocycles. The summed E-state index contributed by atoms with van der Waals surface area (Å²) < 4.78 is 1.89. The minimum Gasteiger partial charge on any atom is -0.233 e. The highest BCUT2D eigenvalue weighted by molar-refractivity contribution is 5.47. The largest absolute Gasteiger partial charge is 0.233 e. The van der Waals surface area contributed by atoms with Crippen LogP contribution in [0.4, 0.5) is 0 Å². The number of aromatic nitrogens is 3.